The quantitative estimate of drug-likeness (QED) is 0.841. The molecule has 2 rings (SSSR count). The van der Waals surface area contributed by atoms with Crippen LogP contribution in [0.5, 0.6) is 0 Å². The molecule has 1 N–H and O–H groups in total. The molecule has 0 bridgehead atoms. The van der Waals surface area contributed by atoms with Gasteiger partial charge in [0.25, 0.3) is 5.91 Å². The maximum Gasteiger partial charge on any atom is 0.255 e. The third-order valence-electron chi connectivity index (χ3n) is 2.23. The van der Waals surface area contributed by atoms with Crippen LogP contribution in [0.15, 0.2) is 30.5 Å². The predicted molar refractivity (Wildman–Crippen MR) is 70.8 cm³/mol. The van der Waals surface area contributed by atoms with Crippen LogP contribution in [0.4, 0.5) is 0 Å². The van der Waals surface area contributed by atoms with E-state index in [4.69, 9.17) is 0 Å². The molecule has 1 amide bonds. The molecule has 0 aliphatic carbocycles. The highest BCUT2D eigenvalue weighted by Gasteiger charge is 2.12. The van der Waals surface area contributed by atoms with Crippen molar-refractivity contribution in [2.24, 2.45) is 0 Å². The highest BCUT2D eigenvalue weighted by atomic mass is 35.5. The van der Waals surface area contributed by atoms with Gasteiger partial charge in [-0.05, 0) is 6.07 Å². The first kappa shape index (κ1) is 14.8. The molecule has 88 valence electrons. The maximum absolute atomic E-state index is 11.7. The van der Waals surface area contributed by atoms with Crippen LogP contribution in [0.1, 0.15) is 10.4 Å². The highest BCUT2D eigenvalue weighted by molar-refractivity contribution is 6.06. The minimum atomic E-state index is 0. The van der Waals surface area contributed by atoms with Gasteiger partial charge in [0.05, 0.1) is 5.56 Å². The number of benzene rings is 1. The molecule has 0 saturated carbocycles. The van der Waals surface area contributed by atoms with Crippen molar-refractivity contribution in [3.63, 3.8) is 0 Å². The summed E-state index contributed by atoms with van der Waals surface area (Å²) >= 11 is 0. The van der Waals surface area contributed by atoms with Gasteiger partial charge in [-0.1, -0.05) is 18.2 Å². The molecule has 3 nitrogen and oxygen atoms in total. The third kappa shape index (κ3) is 2.49. The van der Waals surface area contributed by atoms with Crippen LogP contribution in [-0.4, -0.2) is 29.9 Å². The lowest BCUT2D eigenvalue weighted by Crippen LogP contribution is -2.21. The molecule has 0 radical (unpaired) electrons. The molecule has 5 heteroatoms. The number of aromatic amines is 1. The van der Waals surface area contributed by atoms with E-state index in [2.05, 4.69) is 4.98 Å². The molecule has 16 heavy (non-hydrogen) atoms. The summed E-state index contributed by atoms with van der Waals surface area (Å²) in [4.78, 5) is 16.4. The van der Waals surface area contributed by atoms with Crippen LogP contribution in [-0.2, 0) is 0 Å². The molecule has 0 aliphatic rings. The number of amides is 1. The minimum absolute atomic E-state index is 0. The van der Waals surface area contributed by atoms with E-state index >= 15 is 0 Å². The molecule has 0 spiro atoms. The molecule has 1 aromatic carbocycles. The van der Waals surface area contributed by atoms with Crippen molar-refractivity contribution in [1.29, 1.82) is 0 Å². The van der Waals surface area contributed by atoms with Crippen LogP contribution >= 0.6 is 24.8 Å². The monoisotopic (exact) mass is 260 g/mol. The fourth-order valence-electron chi connectivity index (χ4n) is 1.49. The number of nitrogens with zero attached hydrogens (tertiary/aromatic N) is 1. The van der Waals surface area contributed by atoms with Gasteiger partial charge >= 0.3 is 0 Å². The van der Waals surface area contributed by atoms with Crippen LogP contribution in [0.25, 0.3) is 10.9 Å². The Morgan fingerprint density at radius 1 is 1.19 bits per heavy atom. The van der Waals surface area contributed by atoms with E-state index in [1.165, 1.54) is 0 Å². The number of fused-ring (bicyclic) bond motifs is 1. The first-order valence-electron chi connectivity index (χ1n) is 4.48. The van der Waals surface area contributed by atoms with Crippen molar-refractivity contribution in [2.75, 3.05) is 14.1 Å². The molecule has 0 atom stereocenters. The fraction of sp³-hybridized carbons (Fsp3) is 0.182. The van der Waals surface area contributed by atoms with E-state index in [-0.39, 0.29) is 30.7 Å². The van der Waals surface area contributed by atoms with E-state index < -0.39 is 0 Å². The Kier molecular flexibility index (Phi) is 5.35. The second kappa shape index (κ2) is 5.77. The van der Waals surface area contributed by atoms with Crippen molar-refractivity contribution >= 4 is 41.6 Å². The van der Waals surface area contributed by atoms with Gasteiger partial charge in [0.2, 0.25) is 0 Å². The van der Waals surface area contributed by atoms with Crippen LogP contribution in [0, 0.1) is 0 Å². The van der Waals surface area contributed by atoms with Crippen molar-refractivity contribution in [3.05, 3.63) is 36.0 Å². The van der Waals surface area contributed by atoms with Gasteiger partial charge in [0.1, 0.15) is 0 Å². The Morgan fingerprint density at radius 2 is 1.81 bits per heavy atom. The van der Waals surface area contributed by atoms with Gasteiger partial charge in [0.15, 0.2) is 0 Å². The lowest BCUT2D eigenvalue weighted by atomic mass is 10.1. The summed E-state index contributed by atoms with van der Waals surface area (Å²) in [5.41, 5.74) is 1.73. The molecular weight excluding hydrogens is 247 g/mol. The number of carbonyl (C=O) groups is 1. The Morgan fingerprint density at radius 3 is 2.44 bits per heavy atom. The number of hydrogen-bond donors (Lipinski definition) is 1. The van der Waals surface area contributed by atoms with E-state index in [0.717, 1.165) is 16.5 Å². The Hall–Kier alpha value is -1.19. The molecule has 1 aromatic heterocycles. The number of hydrogen-bond acceptors (Lipinski definition) is 1. The molecule has 0 unspecified atom stereocenters. The van der Waals surface area contributed by atoms with Crippen molar-refractivity contribution in [2.45, 2.75) is 0 Å². The first-order chi connectivity index (χ1) is 6.70. The fourth-order valence-corrected chi connectivity index (χ4v) is 1.49. The van der Waals surface area contributed by atoms with Crippen LogP contribution in [0.2, 0.25) is 0 Å². The number of para-hydroxylation sites is 1. The number of rotatable bonds is 1. The van der Waals surface area contributed by atoms with Gasteiger partial charge in [0, 0.05) is 31.2 Å². The number of aromatic nitrogens is 1. The second-order valence-corrected chi connectivity index (χ2v) is 3.45. The average molecular weight is 261 g/mol. The first-order valence-corrected chi connectivity index (χ1v) is 4.48. The second-order valence-electron chi connectivity index (χ2n) is 3.45. The number of H-pyrrole nitrogens is 1. The standard InChI is InChI=1S/C11H12N2O.2ClH/c1-13(2)11(14)9-7-12-10-6-4-3-5-8(9)10;;/h3-7,12H,1-2H3;2*1H. The van der Waals surface area contributed by atoms with E-state index in [9.17, 15) is 4.79 Å². The number of nitrogens with one attached hydrogen (secondary N) is 1. The third-order valence-corrected chi connectivity index (χ3v) is 2.23. The lowest BCUT2D eigenvalue weighted by molar-refractivity contribution is 0.0829. The summed E-state index contributed by atoms with van der Waals surface area (Å²) in [5, 5.41) is 0.978. The Balaban J connectivity index is 0.00000112. The SMILES string of the molecule is CN(C)C(=O)c1c[nH]c2ccccc12.Cl.Cl. The number of carbonyl (C=O) groups excluding carboxylic acids is 1. The normalized spacial score (nSPS) is 9.12. The van der Waals surface area contributed by atoms with E-state index in [1.807, 2.05) is 24.3 Å². The Labute approximate surface area is 107 Å². The predicted octanol–water partition coefficient (Wildman–Crippen LogP) is 2.71. The molecule has 1 heterocycles. The van der Waals surface area contributed by atoms with Crippen molar-refractivity contribution in [3.8, 4) is 0 Å². The summed E-state index contributed by atoms with van der Waals surface area (Å²) in [6.07, 6.45) is 1.76. The zero-order valence-corrected chi connectivity index (χ0v) is 10.7. The maximum atomic E-state index is 11.7. The average Bonchev–Trinajstić information content (AvgIpc) is 2.60. The Bertz CT molecular complexity index is 480. The molecule has 0 fully saturated rings. The summed E-state index contributed by atoms with van der Waals surface area (Å²) in [7, 11) is 3.51. The summed E-state index contributed by atoms with van der Waals surface area (Å²) in [5.74, 6) is 0.0300. The van der Waals surface area contributed by atoms with Gasteiger partial charge in [-0.3, -0.25) is 4.79 Å². The minimum Gasteiger partial charge on any atom is -0.360 e. The summed E-state index contributed by atoms with van der Waals surface area (Å²) in [6, 6.07) is 7.79. The molecular formula is C11H14Cl2N2O. The highest BCUT2D eigenvalue weighted by Crippen LogP contribution is 2.18. The molecule has 2 aromatic rings. The zero-order valence-electron chi connectivity index (χ0n) is 9.06. The number of halogens is 2. The van der Waals surface area contributed by atoms with Gasteiger partial charge in [-0.25, -0.2) is 0 Å². The molecule has 0 aliphatic heterocycles. The van der Waals surface area contributed by atoms with E-state index in [1.54, 1.807) is 25.2 Å². The topological polar surface area (TPSA) is 36.1 Å². The van der Waals surface area contributed by atoms with Gasteiger partial charge in [-0.15, -0.1) is 24.8 Å². The van der Waals surface area contributed by atoms with Gasteiger partial charge in [-0.2, -0.15) is 0 Å². The van der Waals surface area contributed by atoms with Crippen LogP contribution < -0.4 is 0 Å². The van der Waals surface area contributed by atoms with Crippen molar-refractivity contribution in [1.82, 2.24) is 9.88 Å². The zero-order chi connectivity index (χ0) is 10.1. The molecule has 0 saturated heterocycles. The van der Waals surface area contributed by atoms with Gasteiger partial charge < -0.3 is 9.88 Å². The summed E-state index contributed by atoms with van der Waals surface area (Å²) in [6.45, 7) is 0. The van der Waals surface area contributed by atoms with Crippen LogP contribution in [0.3, 0.4) is 0 Å². The smallest absolute Gasteiger partial charge is 0.255 e. The van der Waals surface area contributed by atoms with Crippen molar-refractivity contribution < 1.29 is 4.79 Å². The lowest BCUT2D eigenvalue weighted by Gasteiger charge is -2.08. The van der Waals surface area contributed by atoms with E-state index in [0.29, 0.717) is 0 Å². The largest absolute Gasteiger partial charge is 0.360 e. The summed E-state index contributed by atoms with van der Waals surface area (Å²) < 4.78 is 0.